The zero-order valence-corrected chi connectivity index (χ0v) is 15.1. The topological polar surface area (TPSA) is 66.9 Å². The van der Waals surface area contributed by atoms with E-state index in [1.807, 2.05) is 24.3 Å². The molecule has 1 aromatic carbocycles. The SMILES string of the molecule is O=C(Nc1cc(Cc2cnc(F)c(Cl)c2)ccn1)c1cccc2c1CCN2. The van der Waals surface area contributed by atoms with Gasteiger partial charge in [-0.2, -0.15) is 4.39 Å². The average Bonchev–Trinajstić information content (AvgIpc) is 3.14. The second-order valence-electron chi connectivity index (χ2n) is 6.30. The van der Waals surface area contributed by atoms with Crippen molar-refractivity contribution in [1.82, 2.24) is 9.97 Å². The summed E-state index contributed by atoms with van der Waals surface area (Å²) in [4.78, 5) is 20.5. The molecule has 4 rings (SSSR count). The fourth-order valence-electron chi connectivity index (χ4n) is 3.19. The molecule has 0 saturated carbocycles. The van der Waals surface area contributed by atoms with E-state index in [1.54, 1.807) is 18.3 Å². The zero-order valence-electron chi connectivity index (χ0n) is 14.3. The maximum absolute atomic E-state index is 13.2. The highest BCUT2D eigenvalue weighted by Gasteiger charge is 2.18. The molecule has 2 N–H and O–H groups in total. The minimum absolute atomic E-state index is 0.0124. The molecule has 0 aliphatic carbocycles. The van der Waals surface area contributed by atoms with Crippen molar-refractivity contribution < 1.29 is 9.18 Å². The Kier molecular flexibility index (Phi) is 4.73. The molecular formula is C20H16ClFN4O. The monoisotopic (exact) mass is 382 g/mol. The largest absolute Gasteiger partial charge is 0.384 e. The van der Waals surface area contributed by atoms with Gasteiger partial charge in [-0.1, -0.05) is 17.7 Å². The number of benzene rings is 1. The smallest absolute Gasteiger partial charge is 0.257 e. The number of carbonyl (C=O) groups is 1. The lowest BCUT2D eigenvalue weighted by molar-refractivity contribution is 0.102. The summed E-state index contributed by atoms with van der Waals surface area (Å²) in [5, 5.41) is 6.11. The number of anilines is 2. The Bertz CT molecular complexity index is 1020. The summed E-state index contributed by atoms with van der Waals surface area (Å²) in [6, 6.07) is 10.8. The van der Waals surface area contributed by atoms with Crippen LogP contribution in [0.3, 0.4) is 0 Å². The second kappa shape index (κ2) is 7.32. The number of hydrogen-bond donors (Lipinski definition) is 2. The first-order valence-corrected chi connectivity index (χ1v) is 8.90. The Morgan fingerprint density at radius 2 is 2.11 bits per heavy atom. The highest BCUT2D eigenvalue weighted by Crippen LogP contribution is 2.26. The van der Waals surface area contributed by atoms with Crippen LogP contribution in [0.15, 0.2) is 48.8 Å². The van der Waals surface area contributed by atoms with Gasteiger partial charge in [-0.15, -0.1) is 0 Å². The van der Waals surface area contributed by atoms with Crippen molar-refractivity contribution in [1.29, 1.82) is 0 Å². The molecule has 0 bridgehead atoms. The predicted molar refractivity (Wildman–Crippen MR) is 103 cm³/mol. The van der Waals surface area contributed by atoms with Gasteiger partial charge < -0.3 is 10.6 Å². The number of fused-ring (bicyclic) bond motifs is 1. The molecule has 0 atom stereocenters. The number of aromatic nitrogens is 2. The Morgan fingerprint density at radius 3 is 2.96 bits per heavy atom. The number of amides is 1. The highest BCUT2D eigenvalue weighted by atomic mass is 35.5. The zero-order chi connectivity index (χ0) is 18.8. The van der Waals surface area contributed by atoms with E-state index in [-0.39, 0.29) is 10.9 Å². The van der Waals surface area contributed by atoms with Gasteiger partial charge in [-0.25, -0.2) is 9.97 Å². The molecule has 7 heteroatoms. The molecule has 5 nitrogen and oxygen atoms in total. The number of nitrogens with zero attached hydrogens (tertiary/aromatic N) is 2. The van der Waals surface area contributed by atoms with Crippen LogP contribution in [-0.4, -0.2) is 22.4 Å². The molecule has 1 aliphatic rings. The third kappa shape index (κ3) is 3.75. The average molecular weight is 383 g/mol. The first-order chi connectivity index (χ1) is 13.1. The van der Waals surface area contributed by atoms with Gasteiger partial charge in [0.1, 0.15) is 5.82 Å². The summed E-state index contributed by atoms with van der Waals surface area (Å²) in [5.41, 5.74) is 4.36. The molecule has 0 fully saturated rings. The van der Waals surface area contributed by atoms with Gasteiger partial charge in [0.05, 0.1) is 5.02 Å². The van der Waals surface area contributed by atoms with Crippen molar-refractivity contribution in [3.8, 4) is 0 Å². The molecule has 0 spiro atoms. The normalized spacial score (nSPS) is 12.4. The van der Waals surface area contributed by atoms with Crippen LogP contribution in [0, 0.1) is 5.95 Å². The van der Waals surface area contributed by atoms with E-state index in [0.717, 1.165) is 35.3 Å². The van der Waals surface area contributed by atoms with E-state index in [9.17, 15) is 9.18 Å². The summed E-state index contributed by atoms with van der Waals surface area (Å²) in [6.07, 6.45) is 4.40. The fraction of sp³-hybridized carbons (Fsp3) is 0.150. The minimum Gasteiger partial charge on any atom is -0.384 e. The molecule has 1 aliphatic heterocycles. The summed E-state index contributed by atoms with van der Waals surface area (Å²) < 4.78 is 13.2. The first-order valence-electron chi connectivity index (χ1n) is 8.52. The molecule has 1 amide bonds. The third-order valence-corrected chi connectivity index (χ3v) is 4.70. The van der Waals surface area contributed by atoms with Gasteiger partial charge in [0.2, 0.25) is 5.95 Å². The fourth-order valence-corrected chi connectivity index (χ4v) is 3.38. The van der Waals surface area contributed by atoms with Gasteiger partial charge in [-0.05, 0) is 59.9 Å². The Hall–Kier alpha value is -2.99. The summed E-state index contributed by atoms with van der Waals surface area (Å²) in [7, 11) is 0. The number of halogens is 2. The second-order valence-corrected chi connectivity index (χ2v) is 6.71. The van der Waals surface area contributed by atoms with Crippen LogP contribution in [0.5, 0.6) is 0 Å². The Morgan fingerprint density at radius 1 is 1.22 bits per heavy atom. The van der Waals surface area contributed by atoms with E-state index >= 15 is 0 Å². The van der Waals surface area contributed by atoms with Crippen LogP contribution in [0.4, 0.5) is 15.9 Å². The predicted octanol–water partition coefficient (Wildman–Crippen LogP) is 4.08. The van der Waals surface area contributed by atoms with Crippen LogP contribution in [0.1, 0.15) is 27.0 Å². The molecule has 0 unspecified atom stereocenters. The molecule has 136 valence electrons. The summed E-state index contributed by atoms with van der Waals surface area (Å²) in [5.74, 6) is -0.415. The molecular weight excluding hydrogens is 367 g/mol. The number of pyridine rings is 2. The van der Waals surface area contributed by atoms with Crippen molar-refractivity contribution in [2.75, 3.05) is 17.2 Å². The number of nitrogens with one attached hydrogen (secondary N) is 2. The van der Waals surface area contributed by atoms with E-state index < -0.39 is 5.95 Å². The number of rotatable bonds is 4. The van der Waals surface area contributed by atoms with Gasteiger partial charge in [0.25, 0.3) is 5.91 Å². The van der Waals surface area contributed by atoms with Crippen molar-refractivity contribution in [3.05, 3.63) is 82.0 Å². The maximum Gasteiger partial charge on any atom is 0.257 e. The van der Waals surface area contributed by atoms with Crippen molar-refractivity contribution in [3.63, 3.8) is 0 Å². The molecule has 0 radical (unpaired) electrons. The Labute approximate surface area is 160 Å². The van der Waals surface area contributed by atoms with E-state index in [0.29, 0.717) is 17.8 Å². The molecule has 3 aromatic rings. The van der Waals surface area contributed by atoms with Gasteiger partial charge in [0, 0.05) is 30.2 Å². The van der Waals surface area contributed by atoms with Crippen LogP contribution in [0.2, 0.25) is 5.02 Å². The maximum atomic E-state index is 13.2. The molecule has 0 saturated heterocycles. The molecule has 27 heavy (non-hydrogen) atoms. The quantitative estimate of drug-likeness (QED) is 0.667. The number of carbonyl (C=O) groups excluding carboxylic acids is 1. The van der Waals surface area contributed by atoms with Crippen LogP contribution in [0.25, 0.3) is 0 Å². The number of hydrogen-bond acceptors (Lipinski definition) is 4. The highest BCUT2D eigenvalue weighted by molar-refractivity contribution is 6.30. The van der Waals surface area contributed by atoms with Gasteiger partial charge in [-0.3, -0.25) is 4.79 Å². The van der Waals surface area contributed by atoms with Crippen molar-refractivity contribution in [2.24, 2.45) is 0 Å². The summed E-state index contributed by atoms with van der Waals surface area (Å²) in [6.45, 7) is 0.835. The molecule has 2 aromatic heterocycles. The lowest BCUT2D eigenvalue weighted by atomic mass is 10.0. The van der Waals surface area contributed by atoms with Crippen LogP contribution >= 0.6 is 11.6 Å². The van der Waals surface area contributed by atoms with E-state index in [1.165, 1.54) is 6.20 Å². The van der Waals surface area contributed by atoms with Crippen LogP contribution in [-0.2, 0) is 12.8 Å². The van der Waals surface area contributed by atoms with Crippen molar-refractivity contribution >= 4 is 29.0 Å². The lowest BCUT2D eigenvalue weighted by Gasteiger charge is -2.10. The van der Waals surface area contributed by atoms with Gasteiger partial charge >= 0.3 is 0 Å². The van der Waals surface area contributed by atoms with E-state index in [2.05, 4.69) is 20.6 Å². The van der Waals surface area contributed by atoms with Crippen LogP contribution < -0.4 is 10.6 Å². The molecule has 3 heterocycles. The Balaban J connectivity index is 1.52. The minimum atomic E-state index is -0.687. The summed E-state index contributed by atoms with van der Waals surface area (Å²) >= 11 is 5.78. The first kappa shape index (κ1) is 17.4. The van der Waals surface area contributed by atoms with Crippen molar-refractivity contribution in [2.45, 2.75) is 12.8 Å². The van der Waals surface area contributed by atoms with Gasteiger partial charge in [0.15, 0.2) is 0 Å². The standard InChI is InChI=1S/C20H16ClFN4O/c21-16-9-13(11-25-19(16)22)8-12-4-6-24-18(10-12)26-20(27)15-2-1-3-17-14(15)5-7-23-17/h1-4,6,9-11,23H,5,7-8H2,(H,24,26,27). The van der Waals surface area contributed by atoms with E-state index in [4.69, 9.17) is 11.6 Å². The lowest BCUT2D eigenvalue weighted by Crippen LogP contribution is -2.15. The third-order valence-electron chi connectivity index (χ3n) is 4.44.